The van der Waals surface area contributed by atoms with E-state index in [0.29, 0.717) is 22.4 Å². The van der Waals surface area contributed by atoms with Crippen LogP contribution < -0.4 is 5.32 Å². The summed E-state index contributed by atoms with van der Waals surface area (Å²) in [7, 11) is -0.391. The molecule has 0 aliphatic rings. The molecule has 1 unspecified atom stereocenters. The minimum atomic E-state index is -3.46. The Morgan fingerprint density at radius 1 is 1.25 bits per heavy atom. The van der Waals surface area contributed by atoms with E-state index in [1.54, 1.807) is 18.2 Å². The fourth-order valence-corrected chi connectivity index (χ4v) is 3.18. The molecular formula is C14H23ClN2O2S. The van der Waals surface area contributed by atoms with Crippen LogP contribution in [0.1, 0.15) is 20.3 Å². The summed E-state index contributed by atoms with van der Waals surface area (Å²) in [6.07, 6.45) is 0.787. The van der Waals surface area contributed by atoms with Crippen molar-refractivity contribution >= 4 is 27.3 Å². The van der Waals surface area contributed by atoms with Gasteiger partial charge in [-0.2, -0.15) is 0 Å². The minimum Gasteiger partial charge on any atom is -0.381 e. The Hall–Kier alpha value is -0.780. The second kappa shape index (κ2) is 7.29. The monoisotopic (exact) mass is 318 g/mol. The van der Waals surface area contributed by atoms with Gasteiger partial charge < -0.3 is 5.32 Å². The molecule has 0 aliphatic carbocycles. The highest BCUT2D eigenvalue weighted by Gasteiger charge is 2.22. The third-order valence-electron chi connectivity index (χ3n) is 3.21. The minimum absolute atomic E-state index is 0.144. The molecule has 1 aromatic carbocycles. The van der Waals surface area contributed by atoms with Crippen molar-refractivity contribution in [3.63, 3.8) is 0 Å². The van der Waals surface area contributed by atoms with E-state index in [0.717, 1.165) is 6.42 Å². The van der Waals surface area contributed by atoms with Gasteiger partial charge in [-0.25, -0.2) is 12.7 Å². The maximum Gasteiger partial charge on any atom is 0.244 e. The van der Waals surface area contributed by atoms with Gasteiger partial charge in [-0.15, -0.1) is 11.6 Å². The van der Waals surface area contributed by atoms with Crippen LogP contribution >= 0.6 is 11.6 Å². The van der Waals surface area contributed by atoms with E-state index in [-0.39, 0.29) is 6.04 Å². The van der Waals surface area contributed by atoms with Crippen LogP contribution in [0.5, 0.6) is 0 Å². The maximum absolute atomic E-state index is 12.3. The van der Waals surface area contributed by atoms with Crippen LogP contribution in [0.2, 0.25) is 0 Å². The molecule has 0 aliphatic heterocycles. The van der Waals surface area contributed by atoms with Crippen LogP contribution in [0.4, 0.5) is 5.69 Å². The van der Waals surface area contributed by atoms with Gasteiger partial charge in [0.2, 0.25) is 10.0 Å². The van der Waals surface area contributed by atoms with Gasteiger partial charge in [-0.1, -0.05) is 26.0 Å². The Kier molecular flexibility index (Phi) is 6.30. The summed E-state index contributed by atoms with van der Waals surface area (Å²) >= 11 is 5.82. The lowest BCUT2D eigenvalue weighted by Gasteiger charge is -2.25. The first-order chi connectivity index (χ1) is 9.30. The van der Waals surface area contributed by atoms with Crippen LogP contribution in [-0.2, 0) is 10.0 Å². The molecule has 1 aromatic rings. The highest BCUT2D eigenvalue weighted by Crippen LogP contribution is 2.25. The number of sulfonamides is 1. The van der Waals surface area contributed by atoms with E-state index in [1.165, 1.54) is 18.4 Å². The first kappa shape index (κ1) is 17.3. The molecule has 0 spiro atoms. The average molecular weight is 319 g/mol. The fraction of sp³-hybridized carbons (Fsp3) is 0.571. The van der Waals surface area contributed by atoms with Crippen LogP contribution in [0.15, 0.2) is 29.2 Å². The Morgan fingerprint density at radius 3 is 2.35 bits per heavy atom. The Labute approximate surface area is 127 Å². The molecule has 1 atom stereocenters. The third-order valence-corrected chi connectivity index (χ3v) is 5.30. The maximum atomic E-state index is 12.3. The van der Waals surface area contributed by atoms with E-state index >= 15 is 0 Å². The number of rotatable bonds is 7. The Balaban J connectivity index is 3.14. The molecule has 0 saturated heterocycles. The lowest BCUT2D eigenvalue weighted by molar-refractivity contribution is 0.508. The van der Waals surface area contributed by atoms with E-state index < -0.39 is 10.0 Å². The van der Waals surface area contributed by atoms with Gasteiger partial charge in [0, 0.05) is 26.0 Å². The number of benzene rings is 1. The molecule has 0 radical (unpaired) electrons. The van der Waals surface area contributed by atoms with Crippen molar-refractivity contribution in [3.05, 3.63) is 24.3 Å². The number of hydrogen-bond donors (Lipinski definition) is 1. The number of halogens is 1. The quantitative estimate of drug-likeness (QED) is 0.786. The van der Waals surface area contributed by atoms with Crippen LogP contribution in [-0.4, -0.2) is 38.7 Å². The van der Waals surface area contributed by atoms with Gasteiger partial charge in [0.25, 0.3) is 0 Å². The molecule has 6 heteroatoms. The van der Waals surface area contributed by atoms with Gasteiger partial charge in [-0.3, -0.25) is 0 Å². The Morgan fingerprint density at radius 2 is 1.85 bits per heavy atom. The first-order valence-electron chi connectivity index (χ1n) is 6.64. The molecule has 114 valence electrons. The molecule has 20 heavy (non-hydrogen) atoms. The number of alkyl halides is 1. The molecule has 4 nitrogen and oxygen atoms in total. The number of hydrogen-bond acceptors (Lipinski definition) is 3. The first-order valence-corrected chi connectivity index (χ1v) is 8.62. The van der Waals surface area contributed by atoms with Crippen LogP contribution in [0.3, 0.4) is 0 Å². The van der Waals surface area contributed by atoms with Crippen molar-refractivity contribution in [1.29, 1.82) is 0 Å². The van der Waals surface area contributed by atoms with E-state index in [4.69, 9.17) is 11.6 Å². The van der Waals surface area contributed by atoms with Crippen molar-refractivity contribution in [2.45, 2.75) is 31.2 Å². The lowest BCUT2D eigenvalue weighted by atomic mass is 10.0. The summed E-state index contributed by atoms with van der Waals surface area (Å²) < 4.78 is 25.9. The normalized spacial score (nSPS) is 13.8. The zero-order valence-corrected chi connectivity index (χ0v) is 14.0. The van der Waals surface area contributed by atoms with Gasteiger partial charge in [0.15, 0.2) is 0 Å². The molecule has 1 rings (SSSR count). The number of anilines is 1. The molecule has 1 N–H and O–H groups in total. The van der Waals surface area contributed by atoms with Crippen molar-refractivity contribution < 1.29 is 8.42 Å². The van der Waals surface area contributed by atoms with Crippen molar-refractivity contribution in [1.82, 2.24) is 4.31 Å². The summed E-state index contributed by atoms with van der Waals surface area (Å²) in [4.78, 5) is 0.297. The van der Waals surface area contributed by atoms with Crippen LogP contribution in [0.25, 0.3) is 0 Å². The molecule has 0 fully saturated rings. The van der Waals surface area contributed by atoms with Crippen molar-refractivity contribution in [2.24, 2.45) is 5.92 Å². The summed E-state index contributed by atoms with van der Waals surface area (Å²) in [6.45, 7) is 4.18. The Bertz CT molecular complexity index is 530. The zero-order chi connectivity index (χ0) is 15.3. The van der Waals surface area contributed by atoms with Gasteiger partial charge in [0.1, 0.15) is 4.90 Å². The van der Waals surface area contributed by atoms with E-state index in [1.807, 2.05) is 6.07 Å². The smallest absolute Gasteiger partial charge is 0.244 e. The van der Waals surface area contributed by atoms with Gasteiger partial charge in [-0.05, 0) is 24.5 Å². The average Bonchev–Trinajstić information content (AvgIpc) is 2.38. The van der Waals surface area contributed by atoms with Gasteiger partial charge >= 0.3 is 0 Å². The molecule has 0 saturated carbocycles. The summed E-state index contributed by atoms with van der Waals surface area (Å²) in [6, 6.07) is 7.12. The van der Waals surface area contributed by atoms with Gasteiger partial charge in [0.05, 0.1) is 5.69 Å². The molecule has 0 heterocycles. The number of nitrogens with one attached hydrogen (secondary N) is 1. The van der Waals surface area contributed by atoms with Crippen molar-refractivity contribution in [3.8, 4) is 0 Å². The van der Waals surface area contributed by atoms with E-state index in [2.05, 4.69) is 19.2 Å². The lowest BCUT2D eigenvalue weighted by Crippen LogP contribution is -2.29. The molecule has 0 aromatic heterocycles. The second-order valence-electron chi connectivity index (χ2n) is 5.26. The topological polar surface area (TPSA) is 49.4 Å². The summed E-state index contributed by atoms with van der Waals surface area (Å²) in [5, 5.41) is 3.32. The SMILES string of the molecule is CC(C)C(CCCl)Nc1ccccc1S(=O)(=O)N(C)C. The fourth-order valence-electron chi connectivity index (χ4n) is 1.90. The molecular weight excluding hydrogens is 296 g/mol. The summed E-state index contributed by atoms with van der Waals surface area (Å²) in [5.41, 5.74) is 0.630. The van der Waals surface area contributed by atoms with Crippen molar-refractivity contribution in [2.75, 3.05) is 25.3 Å². The standard InChI is InChI=1S/C14H23ClN2O2S/c1-11(2)12(9-10-15)16-13-7-5-6-8-14(13)20(18,19)17(3)4/h5-8,11-12,16H,9-10H2,1-4H3. The predicted octanol–water partition coefficient (Wildman–Crippen LogP) is 3.00. The second-order valence-corrected chi connectivity index (χ2v) is 7.75. The predicted molar refractivity (Wildman–Crippen MR) is 84.9 cm³/mol. The largest absolute Gasteiger partial charge is 0.381 e. The highest BCUT2D eigenvalue weighted by atomic mass is 35.5. The summed E-state index contributed by atoms with van der Waals surface area (Å²) in [5.74, 6) is 0.905. The number of nitrogens with zero attached hydrogens (tertiary/aromatic N) is 1. The molecule has 0 amide bonds. The van der Waals surface area contributed by atoms with Crippen LogP contribution in [0, 0.1) is 5.92 Å². The highest BCUT2D eigenvalue weighted by molar-refractivity contribution is 7.89. The third kappa shape index (κ3) is 4.11. The number of para-hydroxylation sites is 1. The van der Waals surface area contributed by atoms with E-state index in [9.17, 15) is 8.42 Å². The zero-order valence-electron chi connectivity index (χ0n) is 12.4. The molecule has 0 bridgehead atoms.